The summed E-state index contributed by atoms with van der Waals surface area (Å²) in [6, 6.07) is 4.63. The van der Waals surface area contributed by atoms with Crippen LogP contribution in [0, 0.1) is 5.92 Å². The zero-order valence-electron chi connectivity index (χ0n) is 14.6. The minimum Gasteiger partial charge on any atom is -0.507 e. The first-order valence-corrected chi connectivity index (χ1v) is 8.93. The molecule has 0 aromatic heterocycles. The van der Waals surface area contributed by atoms with Crippen LogP contribution in [0.1, 0.15) is 48.9 Å². The number of likely N-dealkylation sites (tertiary alicyclic amines) is 1. The number of nitrogens with zero attached hydrogens (tertiary/aromatic N) is 1. The van der Waals surface area contributed by atoms with E-state index < -0.39 is 5.97 Å². The van der Waals surface area contributed by atoms with Crippen molar-refractivity contribution in [3.63, 3.8) is 0 Å². The number of phenols is 1. The van der Waals surface area contributed by atoms with Gasteiger partial charge in [0, 0.05) is 18.7 Å². The fourth-order valence-electron chi connectivity index (χ4n) is 4.03. The molecule has 0 spiro atoms. The van der Waals surface area contributed by atoms with Crippen LogP contribution >= 0.6 is 0 Å². The number of phenolic OH excluding ortho intramolecular Hbond substituents is 1. The van der Waals surface area contributed by atoms with Gasteiger partial charge in [0.05, 0.1) is 7.11 Å². The number of fused-ring (bicyclic) bond motifs is 1. The normalized spacial score (nSPS) is 22.8. The smallest absolute Gasteiger partial charge is 0.342 e. The largest absolute Gasteiger partial charge is 0.507 e. The maximum atomic E-state index is 12.5. The van der Waals surface area contributed by atoms with E-state index in [0.717, 1.165) is 25.8 Å². The molecular weight excluding hydrogens is 322 g/mol. The number of carbonyl (C=O) groups is 2. The summed E-state index contributed by atoms with van der Waals surface area (Å²) in [6.45, 7) is 0.457. The highest BCUT2D eigenvalue weighted by atomic mass is 16.5. The van der Waals surface area contributed by atoms with Crippen molar-refractivity contribution in [3.05, 3.63) is 23.8 Å². The van der Waals surface area contributed by atoms with Gasteiger partial charge >= 0.3 is 5.97 Å². The summed E-state index contributed by atoms with van der Waals surface area (Å²) in [5.41, 5.74) is 0.0304. The van der Waals surface area contributed by atoms with Crippen molar-refractivity contribution in [2.45, 2.75) is 44.6 Å². The van der Waals surface area contributed by atoms with E-state index in [9.17, 15) is 14.7 Å². The van der Waals surface area contributed by atoms with Crippen molar-refractivity contribution in [3.8, 4) is 11.5 Å². The summed E-state index contributed by atoms with van der Waals surface area (Å²) in [6.07, 6.45) is 6.84. The number of carbonyl (C=O) groups excluding carboxylic acids is 2. The number of hydrogen-bond donors (Lipinski definition) is 1. The van der Waals surface area contributed by atoms with Gasteiger partial charge in [-0.15, -0.1) is 0 Å². The lowest BCUT2D eigenvalue weighted by molar-refractivity contribution is -0.140. The molecule has 1 amide bonds. The zero-order chi connectivity index (χ0) is 17.8. The molecule has 0 radical (unpaired) electrons. The second-order valence-electron chi connectivity index (χ2n) is 6.80. The van der Waals surface area contributed by atoms with Gasteiger partial charge in [0.15, 0.2) is 6.61 Å². The van der Waals surface area contributed by atoms with Crippen LogP contribution in [0.5, 0.6) is 11.5 Å². The molecule has 0 bridgehead atoms. The van der Waals surface area contributed by atoms with Crippen molar-refractivity contribution in [2.75, 3.05) is 20.3 Å². The van der Waals surface area contributed by atoms with Crippen LogP contribution in [0.25, 0.3) is 0 Å². The third-order valence-corrected chi connectivity index (χ3v) is 5.32. The van der Waals surface area contributed by atoms with E-state index in [-0.39, 0.29) is 23.8 Å². The standard InChI is InChI=1S/C19H25NO5/c1-24-14-8-9-15(17(21)11-14)19(23)25-12-18(22)20-10-4-6-13-5-2-3-7-16(13)20/h8-9,11,13,16,21H,2-7,10,12H2,1H3/t13-,16-/m0/s1. The van der Waals surface area contributed by atoms with E-state index in [4.69, 9.17) is 9.47 Å². The lowest BCUT2D eigenvalue weighted by Crippen LogP contribution is -2.50. The van der Waals surface area contributed by atoms with Gasteiger partial charge in [-0.2, -0.15) is 0 Å². The molecule has 6 nitrogen and oxygen atoms in total. The summed E-state index contributed by atoms with van der Waals surface area (Å²) in [5.74, 6) is -0.0275. The molecule has 1 saturated heterocycles. The average molecular weight is 347 g/mol. The van der Waals surface area contributed by atoms with Gasteiger partial charge in [0.2, 0.25) is 0 Å². The van der Waals surface area contributed by atoms with E-state index >= 15 is 0 Å². The zero-order valence-corrected chi connectivity index (χ0v) is 14.6. The molecule has 25 heavy (non-hydrogen) atoms. The summed E-state index contributed by atoms with van der Waals surface area (Å²) in [7, 11) is 1.47. The SMILES string of the molecule is COc1ccc(C(=O)OCC(=O)N2CCC[C@@H]3CCCC[C@@H]32)c(O)c1. The molecule has 3 rings (SSSR count). The third kappa shape index (κ3) is 3.89. The molecule has 1 N–H and O–H groups in total. The molecule has 1 heterocycles. The second kappa shape index (κ2) is 7.76. The van der Waals surface area contributed by atoms with Crippen molar-refractivity contribution < 1.29 is 24.2 Å². The van der Waals surface area contributed by atoms with Crippen LogP contribution in [0.15, 0.2) is 18.2 Å². The summed E-state index contributed by atoms with van der Waals surface area (Å²) in [4.78, 5) is 26.6. The molecular formula is C19H25NO5. The number of esters is 1. The first kappa shape index (κ1) is 17.6. The quantitative estimate of drug-likeness (QED) is 0.848. The van der Waals surface area contributed by atoms with Crippen molar-refractivity contribution in [1.29, 1.82) is 0 Å². The molecule has 2 fully saturated rings. The number of methoxy groups -OCH3 is 1. The number of benzene rings is 1. The highest BCUT2D eigenvalue weighted by molar-refractivity contribution is 5.94. The van der Waals surface area contributed by atoms with Crippen molar-refractivity contribution in [2.24, 2.45) is 5.92 Å². The minimum absolute atomic E-state index is 0.0304. The first-order valence-electron chi connectivity index (χ1n) is 8.93. The van der Waals surface area contributed by atoms with Gasteiger partial charge in [-0.25, -0.2) is 4.79 Å². The average Bonchev–Trinajstić information content (AvgIpc) is 2.65. The van der Waals surface area contributed by atoms with Gasteiger partial charge in [-0.3, -0.25) is 4.79 Å². The van der Waals surface area contributed by atoms with E-state index in [1.807, 2.05) is 4.90 Å². The maximum absolute atomic E-state index is 12.5. The predicted octanol–water partition coefficient (Wildman–Crippen LogP) is 2.74. The van der Waals surface area contributed by atoms with Gasteiger partial charge in [-0.05, 0) is 43.7 Å². The van der Waals surface area contributed by atoms with Gasteiger partial charge in [-0.1, -0.05) is 12.8 Å². The van der Waals surface area contributed by atoms with Crippen LogP contribution in [-0.4, -0.2) is 48.2 Å². The van der Waals surface area contributed by atoms with Gasteiger partial charge in [0.1, 0.15) is 17.1 Å². The summed E-state index contributed by atoms with van der Waals surface area (Å²) >= 11 is 0. The van der Waals surface area contributed by atoms with E-state index in [2.05, 4.69) is 0 Å². The highest BCUT2D eigenvalue weighted by Crippen LogP contribution is 2.35. The number of piperidine rings is 1. The van der Waals surface area contributed by atoms with Crippen LogP contribution in [0.2, 0.25) is 0 Å². The Kier molecular flexibility index (Phi) is 5.46. The number of ether oxygens (including phenoxy) is 2. The second-order valence-corrected chi connectivity index (χ2v) is 6.80. The monoisotopic (exact) mass is 347 g/mol. The van der Waals surface area contributed by atoms with Crippen LogP contribution < -0.4 is 4.74 Å². The first-order chi connectivity index (χ1) is 12.1. The molecule has 2 aliphatic rings. The Morgan fingerprint density at radius 1 is 1.20 bits per heavy atom. The lowest BCUT2D eigenvalue weighted by Gasteiger charge is -2.44. The Hall–Kier alpha value is -2.24. The molecule has 1 aliphatic heterocycles. The van der Waals surface area contributed by atoms with E-state index in [1.54, 1.807) is 6.07 Å². The third-order valence-electron chi connectivity index (χ3n) is 5.32. The number of rotatable bonds is 4. The molecule has 0 unspecified atom stereocenters. The lowest BCUT2D eigenvalue weighted by atomic mass is 9.78. The summed E-state index contributed by atoms with van der Waals surface area (Å²) < 4.78 is 10.1. The minimum atomic E-state index is -0.703. The topological polar surface area (TPSA) is 76.1 Å². The Morgan fingerprint density at radius 3 is 2.72 bits per heavy atom. The Balaban J connectivity index is 1.59. The Labute approximate surface area is 147 Å². The number of amides is 1. The van der Waals surface area contributed by atoms with Gasteiger partial charge in [0.25, 0.3) is 5.91 Å². The Bertz CT molecular complexity index is 643. The number of aromatic hydroxyl groups is 1. The fourth-order valence-corrected chi connectivity index (χ4v) is 4.03. The van der Waals surface area contributed by atoms with E-state index in [1.165, 1.54) is 38.5 Å². The Morgan fingerprint density at radius 2 is 1.96 bits per heavy atom. The van der Waals surface area contributed by atoms with Crippen LogP contribution in [0.3, 0.4) is 0 Å². The molecule has 2 atom stereocenters. The van der Waals surface area contributed by atoms with E-state index in [0.29, 0.717) is 17.7 Å². The maximum Gasteiger partial charge on any atom is 0.342 e. The summed E-state index contributed by atoms with van der Waals surface area (Å²) in [5, 5.41) is 9.89. The van der Waals surface area contributed by atoms with Crippen molar-refractivity contribution in [1.82, 2.24) is 4.90 Å². The number of hydrogen-bond acceptors (Lipinski definition) is 5. The molecule has 1 aromatic carbocycles. The highest BCUT2D eigenvalue weighted by Gasteiger charge is 2.35. The van der Waals surface area contributed by atoms with Gasteiger partial charge < -0.3 is 19.5 Å². The molecule has 1 aliphatic carbocycles. The fraction of sp³-hybridized carbons (Fsp3) is 0.579. The molecule has 1 saturated carbocycles. The molecule has 136 valence electrons. The van der Waals surface area contributed by atoms with Crippen molar-refractivity contribution >= 4 is 11.9 Å². The van der Waals surface area contributed by atoms with Crippen LogP contribution in [-0.2, 0) is 9.53 Å². The predicted molar refractivity (Wildman–Crippen MR) is 91.6 cm³/mol. The van der Waals surface area contributed by atoms with Crippen LogP contribution in [0.4, 0.5) is 0 Å². The molecule has 1 aromatic rings. The molecule has 6 heteroatoms.